The van der Waals surface area contributed by atoms with E-state index >= 15 is 0 Å². The van der Waals surface area contributed by atoms with Crippen molar-refractivity contribution in [3.8, 4) is 11.1 Å². The maximum absolute atomic E-state index is 13.0. The molecule has 1 amide bonds. The monoisotopic (exact) mass is 557 g/mol. The van der Waals surface area contributed by atoms with Crippen molar-refractivity contribution in [3.63, 3.8) is 0 Å². The van der Waals surface area contributed by atoms with Crippen LogP contribution in [0.25, 0.3) is 22.0 Å². The second-order valence-electron chi connectivity index (χ2n) is 9.72. The van der Waals surface area contributed by atoms with Gasteiger partial charge < -0.3 is 10.4 Å². The fourth-order valence-electron chi connectivity index (χ4n) is 4.46. The molecule has 0 radical (unpaired) electrons. The van der Waals surface area contributed by atoms with Gasteiger partial charge >= 0.3 is 12.1 Å². The van der Waals surface area contributed by atoms with Crippen LogP contribution in [0.15, 0.2) is 66.9 Å². The molecule has 0 aliphatic carbocycles. The average Bonchev–Trinajstić information content (AvgIpc) is 3.29. The van der Waals surface area contributed by atoms with Crippen LogP contribution in [0.4, 0.5) is 13.2 Å². The Balaban J connectivity index is 1.62. The minimum atomic E-state index is -4.47. The van der Waals surface area contributed by atoms with Gasteiger partial charge in [-0.05, 0) is 59.9 Å². The zero-order valence-corrected chi connectivity index (χ0v) is 22.1. The van der Waals surface area contributed by atoms with Gasteiger partial charge in [0.05, 0.1) is 29.7 Å². The number of carboxylic acid groups (broad SMARTS) is 1. The number of amides is 1. The third kappa shape index (κ3) is 6.60. The lowest BCUT2D eigenvalue weighted by Crippen LogP contribution is -2.26. The van der Waals surface area contributed by atoms with E-state index < -0.39 is 17.7 Å². The molecule has 1 heterocycles. The van der Waals surface area contributed by atoms with Gasteiger partial charge in [0.25, 0.3) is 5.91 Å². The van der Waals surface area contributed by atoms with Crippen LogP contribution in [-0.4, -0.2) is 33.3 Å². The highest BCUT2D eigenvalue weighted by Gasteiger charge is 2.31. The van der Waals surface area contributed by atoms with Crippen LogP contribution in [0, 0.1) is 5.92 Å². The molecule has 1 atom stereocenters. The van der Waals surface area contributed by atoms with Crippen LogP contribution in [0.1, 0.15) is 54.2 Å². The van der Waals surface area contributed by atoms with Crippen molar-refractivity contribution in [3.05, 3.63) is 88.6 Å². The number of hydrogen-bond donors (Lipinski definition) is 2. The van der Waals surface area contributed by atoms with Crippen LogP contribution in [0.2, 0.25) is 5.02 Å². The molecule has 4 aromatic rings. The Hall–Kier alpha value is -3.85. The predicted molar refractivity (Wildman–Crippen MR) is 144 cm³/mol. The molecule has 4 rings (SSSR count). The molecule has 1 aromatic heterocycles. The van der Waals surface area contributed by atoms with E-state index in [1.807, 2.05) is 35.0 Å². The van der Waals surface area contributed by atoms with E-state index in [9.17, 15) is 22.8 Å². The van der Waals surface area contributed by atoms with E-state index in [0.29, 0.717) is 22.6 Å². The number of benzene rings is 3. The quantitative estimate of drug-likeness (QED) is 0.228. The highest BCUT2D eigenvalue weighted by Crippen LogP contribution is 2.37. The standard InChI is InChI=1S/C29H27ClF3N3O3/c1-17(2)13-26(18-3-5-19(6-4-18)28(39)34-12-11-27(37)38)36-25-10-7-20(14-21(25)16-35-36)23-9-8-22(15-24(23)30)29(31,32)33/h3-10,14-17,26H,11-13H2,1-2H3,(H,34,39)(H,37,38). The van der Waals surface area contributed by atoms with E-state index in [1.165, 1.54) is 6.07 Å². The van der Waals surface area contributed by atoms with Gasteiger partial charge in [0, 0.05) is 28.1 Å². The average molecular weight is 558 g/mol. The van der Waals surface area contributed by atoms with Gasteiger partial charge in [-0.1, -0.05) is 49.7 Å². The fraction of sp³-hybridized carbons (Fsp3) is 0.276. The summed E-state index contributed by atoms with van der Waals surface area (Å²) in [4.78, 5) is 23.0. The van der Waals surface area contributed by atoms with Crippen molar-refractivity contribution in [2.24, 2.45) is 5.92 Å². The minimum Gasteiger partial charge on any atom is -0.481 e. The van der Waals surface area contributed by atoms with Crippen molar-refractivity contribution in [1.29, 1.82) is 0 Å². The molecule has 204 valence electrons. The second-order valence-corrected chi connectivity index (χ2v) is 10.1. The normalized spacial score (nSPS) is 12.6. The Morgan fingerprint density at radius 2 is 1.77 bits per heavy atom. The molecule has 0 saturated carbocycles. The number of aliphatic carboxylic acids is 1. The fourth-order valence-corrected chi connectivity index (χ4v) is 4.75. The van der Waals surface area contributed by atoms with Gasteiger partial charge in [-0.25, -0.2) is 0 Å². The van der Waals surface area contributed by atoms with E-state index in [0.717, 1.165) is 35.0 Å². The molecule has 0 bridgehead atoms. The molecule has 0 aliphatic heterocycles. The van der Waals surface area contributed by atoms with Crippen LogP contribution in [0.3, 0.4) is 0 Å². The third-order valence-electron chi connectivity index (χ3n) is 6.37. The first-order valence-electron chi connectivity index (χ1n) is 12.4. The highest BCUT2D eigenvalue weighted by atomic mass is 35.5. The van der Waals surface area contributed by atoms with Crippen LogP contribution >= 0.6 is 11.6 Å². The molecule has 10 heteroatoms. The summed E-state index contributed by atoms with van der Waals surface area (Å²) in [7, 11) is 0. The maximum Gasteiger partial charge on any atom is 0.416 e. The summed E-state index contributed by atoms with van der Waals surface area (Å²) in [5.41, 5.74) is 2.60. The van der Waals surface area contributed by atoms with Gasteiger partial charge in [-0.15, -0.1) is 0 Å². The minimum absolute atomic E-state index is 0.0151. The lowest BCUT2D eigenvalue weighted by atomic mass is 9.95. The number of hydrogen-bond acceptors (Lipinski definition) is 3. The van der Waals surface area contributed by atoms with Crippen LogP contribution < -0.4 is 5.32 Å². The molecule has 0 fully saturated rings. The molecule has 0 aliphatic rings. The Morgan fingerprint density at radius 3 is 2.38 bits per heavy atom. The van der Waals surface area contributed by atoms with E-state index in [-0.39, 0.29) is 29.9 Å². The number of fused-ring (bicyclic) bond motifs is 1. The van der Waals surface area contributed by atoms with Gasteiger partial charge in [0.1, 0.15) is 0 Å². The Bertz CT molecular complexity index is 1500. The third-order valence-corrected chi connectivity index (χ3v) is 6.69. The summed E-state index contributed by atoms with van der Waals surface area (Å²) < 4.78 is 41.1. The van der Waals surface area contributed by atoms with Crippen molar-refractivity contribution in [1.82, 2.24) is 15.1 Å². The lowest BCUT2D eigenvalue weighted by Gasteiger charge is -2.22. The number of nitrogens with one attached hydrogen (secondary N) is 1. The smallest absolute Gasteiger partial charge is 0.416 e. The molecular weight excluding hydrogens is 531 g/mol. The number of carboxylic acids is 1. The van der Waals surface area contributed by atoms with Gasteiger partial charge in [0.2, 0.25) is 0 Å². The Morgan fingerprint density at radius 1 is 1.05 bits per heavy atom. The number of alkyl halides is 3. The Labute approximate surface area is 228 Å². The van der Waals surface area contributed by atoms with Crippen LogP contribution in [-0.2, 0) is 11.0 Å². The predicted octanol–water partition coefficient (Wildman–Crippen LogP) is 7.22. The molecule has 0 saturated heterocycles. The molecule has 6 nitrogen and oxygen atoms in total. The first kappa shape index (κ1) is 28.2. The van der Waals surface area contributed by atoms with E-state index in [4.69, 9.17) is 16.7 Å². The number of aromatic nitrogens is 2. The van der Waals surface area contributed by atoms with Crippen molar-refractivity contribution in [2.45, 2.75) is 38.9 Å². The van der Waals surface area contributed by atoms with Crippen molar-refractivity contribution in [2.75, 3.05) is 6.54 Å². The first-order valence-corrected chi connectivity index (χ1v) is 12.8. The first-order chi connectivity index (χ1) is 18.4. The summed E-state index contributed by atoms with van der Waals surface area (Å²) in [5.74, 6) is -0.996. The maximum atomic E-state index is 13.0. The highest BCUT2D eigenvalue weighted by molar-refractivity contribution is 6.33. The van der Waals surface area contributed by atoms with Crippen molar-refractivity contribution < 1.29 is 27.9 Å². The summed E-state index contributed by atoms with van der Waals surface area (Å²) in [6.07, 6.45) is -2.14. The van der Waals surface area contributed by atoms with Crippen LogP contribution in [0.5, 0.6) is 0 Å². The second kappa shape index (κ2) is 11.5. The summed E-state index contributed by atoms with van der Waals surface area (Å²) in [5, 5.41) is 16.8. The molecule has 0 spiro atoms. The number of carbonyl (C=O) groups excluding carboxylic acids is 1. The summed E-state index contributed by atoms with van der Waals surface area (Å²) in [6.45, 7) is 4.26. The zero-order chi connectivity index (χ0) is 28.3. The molecule has 3 aromatic carbocycles. The van der Waals surface area contributed by atoms with Gasteiger partial charge in [-0.3, -0.25) is 14.3 Å². The number of nitrogens with zero attached hydrogens (tertiary/aromatic N) is 2. The number of carbonyl (C=O) groups is 2. The van der Waals surface area contributed by atoms with Crippen molar-refractivity contribution >= 4 is 34.4 Å². The van der Waals surface area contributed by atoms with Gasteiger partial charge in [0.15, 0.2) is 0 Å². The largest absolute Gasteiger partial charge is 0.481 e. The van der Waals surface area contributed by atoms with Gasteiger partial charge in [-0.2, -0.15) is 18.3 Å². The number of halogens is 4. The summed E-state index contributed by atoms with van der Waals surface area (Å²) >= 11 is 6.22. The van der Waals surface area contributed by atoms with E-state index in [2.05, 4.69) is 24.3 Å². The van der Waals surface area contributed by atoms with E-state index in [1.54, 1.807) is 18.3 Å². The zero-order valence-electron chi connectivity index (χ0n) is 21.3. The summed E-state index contributed by atoms with van der Waals surface area (Å²) in [6, 6.07) is 15.9. The SMILES string of the molecule is CC(C)CC(c1ccc(C(=O)NCCC(=O)O)cc1)n1ncc2cc(-c3ccc(C(F)(F)F)cc3Cl)ccc21. The molecule has 1 unspecified atom stereocenters. The molecular formula is C29H27ClF3N3O3. The number of rotatable bonds is 9. The Kier molecular flexibility index (Phi) is 8.30. The topological polar surface area (TPSA) is 84.2 Å². The lowest BCUT2D eigenvalue weighted by molar-refractivity contribution is -0.138. The molecule has 39 heavy (non-hydrogen) atoms. The molecule has 2 N–H and O–H groups in total.